The van der Waals surface area contributed by atoms with Crippen LogP contribution in [-0.4, -0.2) is 22.6 Å². The fraction of sp³-hybridized carbons (Fsp3) is 0.234. The van der Waals surface area contributed by atoms with E-state index in [9.17, 15) is 0 Å². The van der Waals surface area contributed by atoms with E-state index in [1.807, 2.05) is 36.4 Å². The third kappa shape index (κ3) is 7.87. The number of furan rings is 1. The van der Waals surface area contributed by atoms with Crippen LogP contribution in [0.3, 0.4) is 0 Å². The van der Waals surface area contributed by atoms with Crippen LogP contribution in [0.2, 0.25) is 19.6 Å². The maximum Gasteiger partial charge on any atom is 0.120 e. The average Bonchev–Trinajstić information content (AvgIpc) is 3.67. The largest absolute Gasteiger partial charge is 0.501 e. The van der Waals surface area contributed by atoms with Crippen LogP contribution < -0.4 is 5.19 Å². The van der Waals surface area contributed by atoms with Gasteiger partial charge in [0.1, 0.15) is 5.58 Å². The smallest absolute Gasteiger partial charge is 0.120 e. The molecule has 53 heavy (non-hydrogen) atoms. The average molecular weight is 890 g/mol. The predicted molar refractivity (Wildman–Crippen MR) is 221 cm³/mol. The molecule has 8 aromatic rings. The van der Waals surface area contributed by atoms with Crippen molar-refractivity contribution in [2.24, 2.45) is 5.41 Å². The molecule has 0 aliphatic rings. The fourth-order valence-electron chi connectivity index (χ4n) is 7.13. The van der Waals surface area contributed by atoms with E-state index in [0.717, 1.165) is 67.7 Å². The first-order valence-electron chi connectivity index (χ1n) is 18.1. The molecular formula is C47H47IrN3OSi-2. The van der Waals surface area contributed by atoms with Crippen LogP contribution in [0.5, 0.6) is 0 Å². The Kier molecular flexibility index (Phi) is 10.8. The number of nitrogens with zero attached hydrogens (tertiary/aromatic N) is 3. The number of para-hydroxylation sites is 4. The molecule has 271 valence electrons. The first-order valence-corrected chi connectivity index (χ1v) is 21.6. The minimum atomic E-state index is -1.38. The molecule has 0 atom stereocenters. The van der Waals surface area contributed by atoms with Crippen molar-refractivity contribution >= 4 is 46.2 Å². The Morgan fingerprint density at radius 2 is 1.51 bits per heavy atom. The minimum Gasteiger partial charge on any atom is -0.501 e. The van der Waals surface area contributed by atoms with E-state index in [-0.39, 0.29) is 25.5 Å². The molecule has 0 saturated heterocycles. The SMILES string of the molecule is Cc1c[c-]c(-c2cc(CC(C)(C)C)c([Si](C)(C)C)cn2)cc1.Cc1cccc(C)c1-n1c(-c2[c-]ccc3c2oc2ccccc23)nc2ccccc21.[Ir]. The van der Waals surface area contributed by atoms with Crippen LogP contribution in [-0.2, 0) is 26.5 Å². The number of pyridine rings is 1. The Hall–Kier alpha value is -4.61. The van der Waals surface area contributed by atoms with Crippen molar-refractivity contribution < 1.29 is 24.5 Å². The molecule has 0 amide bonds. The van der Waals surface area contributed by atoms with Gasteiger partial charge in [-0.1, -0.05) is 118 Å². The van der Waals surface area contributed by atoms with E-state index in [1.54, 1.807) is 0 Å². The monoisotopic (exact) mass is 890 g/mol. The third-order valence-electron chi connectivity index (χ3n) is 9.55. The summed E-state index contributed by atoms with van der Waals surface area (Å²) in [5.41, 5.74) is 13.3. The van der Waals surface area contributed by atoms with Gasteiger partial charge >= 0.3 is 0 Å². The number of benzene rings is 5. The summed E-state index contributed by atoms with van der Waals surface area (Å²) in [5.74, 6) is 0.846. The van der Waals surface area contributed by atoms with Gasteiger partial charge in [0.25, 0.3) is 0 Å². The van der Waals surface area contributed by atoms with Gasteiger partial charge in [0.15, 0.2) is 0 Å². The second kappa shape index (κ2) is 15.0. The summed E-state index contributed by atoms with van der Waals surface area (Å²) in [5, 5.41) is 3.68. The third-order valence-corrected chi connectivity index (χ3v) is 11.6. The van der Waals surface area contributed by atoms with Crippen molar-refractivity contribution in [3.8, 4) is 28.3 Å². The second-order valence-corrected chi connectivity index (χ2v) is 21.2. The summed E-state index contributed by atoms with van der Waals surface area (Å²) in [7, 11) is -1.38. The number of hydrogen-bond acceptors (Lipinski definition) is 3. The van der Waals surface area contributed by atoms with Gasteiger partial charge in [0.05, 0.1) is 30.5 Å². The molecule has 0 bridgehead atoms. The molecule has 0 aliphatic carbocycles. The van der Waals surface area contributed by atoms with Crippen molar-refractivity contribution in [2.45, 2.75) is 67.6 Å². The predicted octanol–water partition coefficient (Wildman–Crippen LogP) is 12.0. The molecule has 3 aromatic heterocycles. The molecule has 0 aliphatic heterocycles. The maximum absolute atomic E-state index is 6.30. The molecule has 1 radical (unpaired) electrons. The van der Waals surface area contributed by atoms with Gasteiger partial charge < -0.3 is 14.0 Å². The molecule has 0 saturated carbocycles. The van der Waals surface area contributed by atoms with Gasteiger partial charge in [0, 0.05) is 37.4 Å². The zero-order valence-electron chi connectivity index (χ0n) is 32.2. The summed E-state index contributed by atoms with van der Waals surface area (Å²) in [6, 6.07) is 42.2. The number of rotatable bonds is 5. The van der Waals surface area contributed by atoms with Crippen molar-refractivity contribution in [1.82, 2.24) is 14.5 Å². The molecule has 0 spiro atoms. The number of fused-ring (bicyclic) bond motifs is 4. The van der Waals surface area contributed by atoms with E-state index >= 15 is 0 Å². The quantitative estimate of drug-likeness (QED) is 0.128. The number of aromatic nitrogens is 3. The summed E-state index contributed by atoms with van der Waals surface area (Å²) in [4.78, 5) is 9.77. The molecule has 4 nitrogen and oxygen atoms in total. The summed E-state index contributed by atoms with van der Waals surface area (Å²) in [6.45, 7) is 20.5. The standard InChI is InChI=1S/C27H19N2O.C20H28NSi.Ir/c1-17-9-7-10-18(2)25(17)29-23-15-5-4-14-22(23)28-27(29)21-13-8-12-20-19-11-3-6-16-24(19)30-26(20)21;1-15-8-10-16(11-9-15)18-12-17(13-20(2,3)4)19(14-21-18)22(5,6)7;/h3-12,14-16H,1-2H3;8-10,12,14H,13H2,1-7H3;/q2*-1;. The van der Waals surface area contributed by atoms with E-state index in [2.05, 4.69) is 151 Å². The number of aryl methyl sites for hydroxylation is 3. The Morgan fingerprint density at radius 3 is 2.21 bits per heavy atom. The topological polar surface area (TPSA) is 43.9 Å². The van der Waals surface area contributed by atoms with Gasteiger partial charge in [-0.3, -0.25) is 4.98 Å². The molecular weight excluding hydrogens is 843 g/mol. The first-order chi connectivity index (χ1) is 24.8. The molecule has 5 aromatic carbocycles. The molecule has 0 N–H and O–H groups in total. The van der Waals surface area contributed by atoms with E-state index in [4.69, 9.17) is 14.4 Å². The first kappa shape index (κ1) is 38.1. The van der Waals surface area contributed by atoms with Gasteiger partial charge in [-0.15, -0.1) is 53.6 Å². The number of imidazole rings is 1. The number of hydrogen-bond donors (Lipinski definition) is 0. The van der Waals surface area contributed by atoms with Crippen molar-refractivity contribution in [3.05, 3.63) is 144 Å². The Balaban J connectivity index is 0.000000188. The van der Waals surface area contributed by atoms with Crippen molar-refractivity contribution in [2.75, 3.05) is 0 Å². The van der Waals surface area contributed by atoms with Gasteiger partial charge in [-0.05, 0) is 65.9 Å². The van der Waals surface area contributed by atoms with Crippen LogP contribution >= 0.6 is 0 Å². The normalized spacial score (nSPS) is 11.8. The van der Waals surface area contributed by atoms with Crippen LogP contribution in [0, 0.1) is 38.3 Å². The molecule has 3 heterocycles. The van der Waals surface area contributed by atoms with E-state index < -0.39 is 8.07 Å². The van der Waals surface area contributed by atoms with Gasteiger partial charge in [-0.2, -0.15) is 0 Å². The molecule has 0 fully saturated rings. The summed E-state index contributed by atoms with van der Waals surface area (Å²) in [6.07, 6.45) is 3.21. The van der Waals surface area contributed by atoms with Crippen LogP contribution in [0.1, 0.15) is 43.0 Å². The van der Waals surface area contributed by atoms with Crippen molar-refractivity contribution in [1.29, 1.82) is 0 Å². The van der Waals surface area contributed by atoms with Gasteiger partial charge in [-0.25, -0.2) is 0 Å². The summed E-state index contributed by atoms with van der Waals surface area (Å²) < 4.78 is 8.55. The molecule has 0 unspecified atom stereocenters. The van der Waals surface area contributed by atoms with Crippen LogP contribution in [0.15, 0.2) is 114 Å². The minimum absolute atomic E-state index is 0. The zero-order valence-corrected chi connectivity index (χ0v) is 35.6. The van der Waals surface area contributed by atoms with E-state index in [0.29, 0.717) is 0 Å². The molecule has 6 heteroatoms. The van der Waals surface area contributed by atoms with E-state index in [1.165, 1.54) is 27.4 Å². The Morgan fingerprint density at radius 1 is 0.792 bits per heavy atom. The fourth-order valence-corrected chi connectivity index (χ4v) is 8.71. The van der Waals surface area contributed by atoms with Crippen LogP contribution in [0.4, 0.5) is 0 Å². The maximum atomic E-state index is 6.30. The van der Waals surface area contributed by atoms with Crippen LogP contribution in [0.25, 0.3) is 61.3 Å². The second-order valence-electron chi connectivity index (χ2n) is 16.2. The Labute approximate surface area is 328 Å². The summed E-state index contributed by atoms with van der Waals surface area (Å²) >= 11 is 0. The Bertz CT molecular complexity index is 2530. The molecule has 8 rings (SSSR count). The van der Waals surface area contributed by atoms with Crippen molar-refractivity contribution in [3.63, 3.8) is 0 Å². The zero-order chi connectivity index (χ0) is 36.8. The van der Waals surface area contributed by atoms with Gasteiger partial charge in [0.2, 0.25) is 0 Å².